The second kappa shape index (κ2) is 17.9. The summed E-state index contributed by atoms with van der Waals surface area (Å²) in [7, 11) is 0. The summed E-state index contributed by atoms with van der Waals surface area (Å²) in [5, 5.41) is 0. The number of hydrogen-bond donors (Lipinski definition) is 0. The number of rotatable bonds is 8. The van der Waals surface area contributed by atoms with Gasteiger partial charge in [-0.05, 0) is 244 Å². The Kier molecular flexibility index (Phi) is 13.1. The minimum Gasteiger partial charge on any atom is -0.294 e. The summed E-state index contributed by atoms with van der Waals surface area (Å²) >= 11 is 0. The van der Waals surface area contributed by atoms with Crippen molar-refractivity contribution in [1.82, 2.24) is 9.80 Å². The first-order valence-electron chi connectivity index (χ1n) is 26.4. The Morgan fingerprint density at radius 1 is 0.273 bits per heavy atom. The van der Waals surface area contributed by atoms with Crippen LogP contribution < -0.4 is 0 Å². The van der Waals surface area contributed by atoms with Crippen LogP contribution in [0.3, 0.4) is 0 Å². The third kappa shape index (κ3) is 8.10. The fourth-order valence-electron chi connectivity index (χ4n) is 18.1. The van der Waals surface area contributed by atoms with Crippen LogP contribution in [0.1, 0.15) is 233 Å². The first kappa shape index (κ1) is 40.3. The lowest BCUT2D eigenvalue weighted by Gasteiger charge is -2.59. The highest BCUT2D eigenvalue weighted by Gasteiger charge is 2.65. The van der Waals surface area contributed by atoms with Gasteiger partial charge in [-0.15, -0.1) is 0 Å². The molecule has 9 rings (SSSR count). The van der Waals surface area contributed by atoms with Gasteiger partial charge in [0.2, 0.25) is 0 Å². The summed E-state index contributed by atoms with van der Waals surface area (Å²) in [6.07, 6.45) is 49.4. The molecule has 2 nitrogen and oxygen atoms in total. The number of hydrogen-bond acceptors (Lipinski definition) is 2. The van der Waals surface area contributed by atoms with E-state index in [4.69, 9.17) is 0 Å². The van der Waals surface area contributed by atoms with E-state index in [1.165, 1.54) is 103 Å². The maximum Gasteiger partial charge on any atom is 0.0101 e. The Hall–Kier alpha value is -0.0800. The number of nitrogens with zero attached hydrogens (tertiary/aromatic N) is 2. The monoisotopic (exact) mass is 757 g/mol. The summed E-state index contributed by atoms with van der Waals surface area (Å²) in [4.78, 5) is 6.61. The molecule has 0 aromatic carbocycles. The molecule has 0 aromatic rings. The van der Waals surface area contributed by atoms with Crippen molar-refractivity contribution in [2.75, 3.05) is 0 Å². The Morgan fingerprint density at radius 2 is 0.509 bits per heavy atom. The summed E-state index contributed by atoms with van der Waals surface area (Å²) < 4.78 is 0. The Bertz CT molecular complexity index is 1030. The summed E-state index contributed by atoms with van der Waals surface area (Å²) in [5.74, 6) is 10.3. The van der Waals surface area contributed by atoms with E-state index in [1.807, 2.05) is 0 Å². The zero-order valence-electron chi connectivity index (χ0n) is 37.3. The summed E-state index contributed by atoms with van der Waals surface area (Å²) in [6, 6.07) is 5.41. The average Bonchev–Trinajstić information content (AvgIpc) is 3.52. The zero-order valence-corrected chi connectivity index (χ0v) is 37.3. The molecule has 0 spiro atoms. The molecule has 0 aliphatic heterocycles. The lowest BCUT2D eigenvalue weighted by atomic mass is 9.48. The molecule has 0 saturated heterocycles. The Labute approximate surface area is 342 Å². The van der Waals surface area contributed by atoms with Gasteiger partial charge in [0.1, 0.15) is 0 Å². The van der Waals surface area contributed by atoms with E-state index in [1.54, 1.807) is 103 Å². The Morgan fingerprint density at radius 3 is 0.782 bits per heavy atom. The molecule has 55 heavy (non-hydrogen) atoms. The second-order valence-electron chi connectivity index (χ2n) is 23.7. The van der Waals surface area contributed by atoms with Gasteiger partial charge in [0.25, 0.3) is 0 Å². The van der Waals surface area contributed by atoms with Gasteiger partial charge in [0.05, 0.1) is 0 Å². The Balaban J connectivity index is 0.966. The van der Waals surface area contributed by atoms with E-state index >= 15 is 0 Å². The maximum absolute atomic E-state index is 3.31. The highest BCUT2D eigenvalue weighted by molar-refractivity contribution is 5.14. The van der Waals surface area contributed by atoms with Gasteiger partial charge in [-0.1, -0.05) is 53.4 Å². The lowest BCUT2D eigenvalue weighted by molar-refractivity contribution is -0.0968. The van der Waals surface area contributed by atoms with Crippen LogP contribution in [-0.4, -0.2) is 46.1 Å². The highest BCUT2D eigenvalue weighted by atomic mass is 15.2. The summed E-state index contributed by atoms with van der Waals surface area (Å²) in [6.45, 7) is 10.2. The van der Waals surface area contributed by atoms with Crippen molar-refractivity contribution in [3.05, 3.63) is 0 Å². The molecule has 2 heteroatoms. The molecular weight excluding hydrogens is 665 g/mol. The van der Waals surface area contributed by atoms with Crippen molar-refractivity contribution >= 4 is 0 Å². The van der Waals surface area contributed by atoms with Crippen LogP contribution in [0.4, 0.5) is 0 Å². The molecule has 0 radical (unpaired) electrons. The van der Waals surface area contributed by atoms with E-state index < -0.39 is 0 Å². The zero-order chi connectivity index (χ0) is 37.5. The van der Waals surface area contributed by atoms with Crippen LogP contribution in [0.5, 0.6) is 0 Å². The van der Waals surface area contributed by atoms with E-state index in [9.17, 15) is 0 Å². The number of fused-ring (bicyclic) bond motifs is 3. The molecule has 9 fully saturated rings. The smallest absolute Gasteiger partial charge is 0.0101 e. The third-order valence-electron chi connectivity index (χ3n) is 20.8. The first-order chi connectivity index (χ1) is 26.9. The minimum absolute atomic E-state index is 0.697. The maximum atomic E-state index is 3.31. The summed E-state index contributed by atoms with van der Waals surface area (Å²) in [5.41, 5.74) is 0.697. The van der Waals surface area contributed by atoms with Gasteiger partial charge in [0.15, 0.2) is 0 Å². The quantitative estimate of drug-likeness (QED) is 0.243. The average molecular weight is 757 g/mol. The van der Waals surface area contributed by atoms with Crippen molar-refractivity contribution < 1.29 is 0 Å². The molecule has 9 aliphatic rings. The van der Waals surface area contributed by atoms with E-state index in [0.717, 1.165) is 95.4 Å². The topological polar surface area (TPSA) is 6.48 Å². The molecule has 0 aromatic heterocycles. The van der Waals surface area contributed by atoms with Crippen LogP contribution in [-0.2, 0) is 0 Å². The fraction of sp³-hybridized carbons (Fsp3) is 1.00. The molecule has 0 heterocycles. The second-order valence-corrected chi connectivity index (χ2v) is 23.7. The highest BCUT2D eigenvalue weighted by Crippen LogP contribution is 2.72. The van der Waals surface area contributed by atoms with Crippen LogP contribution >= 0.6 is 0 Å². The minimum atomic E-state index is 0.697. The van der Waals surface area contributed by atoms with Crippen molar-refractivity contribution in [3.63, 3.8) is 0 Å². The standard InChI is InChI=1S/C53H92N2/c1-37-13-25-43(26-14-37)54(44-27-15-38(2)16-28-44)47-33-21-41(22-34-47)53(51-11-7-5-9-49(51)50-10-6-8-12-52(50)53)42-23-35-48(36-24-42)55(45-29-17-39(3)18-30-45)46-31-19-40(4)20-32-46/h37-52H,5-36H2,1-4H3. The van der Waals surface area contributed by atoms with E-state index in [0.29, 0.717) is 5.41 Å². The van der Waals surface area contributed by atoms with Gasteiger partial charge in [0, 0.05) is 36.3 Å². The largest absolute Gasteiger partial charge is 0.294 e. The molecule has 0 amide bonds. The van der Waals surface area contributed by atoms with Crippen molar-refractivity contribution in [2.45, 2.75) is 269 Å². The first-order valence-corrected chi connectivity index (χ1v) is 26.4. The molecule has 4 atom stereocenters. The fourth-order valence-corrected chi connectivity index (χ4v) is 18.1. The van der Waals surface area contributed by atoms with Crippen molar-refractivity contribution in [3.8, 4) is 0 Å². The van der Waals surface area contributed by atoms with Crippen LogP contribution in [0.25, 0.3) is 0 Å². The van der Waals surface area contributed by atoms with Gasteiger partial charge in [-0.25, -0.2) is 0 Å². The molecule has 314 valence electrons. The van der Waals surface area contributed by atoms with Crippen LogP contribution in [0, 0.1) is 64.6 Å². The van der Waals surface area contributed by atoms with Crippen LogP contribution in [0.15, 0.2) is 0 Å². The lowest BCUT2D eigenvalue weighted by Crippen LogP contribution is -2.56. The molecule has 9 saturated carbocycles. The van der Waals surface area contributed by atoms with Gasteiger partial charge < -0.3 is 0 Å². The van der Waals surface area contributed by atoms with Crippen LogP contribution in [0.2, 0.25) is 0 Å². The predicted octanol–water partition coefficient (Wildman–Crippen LogP) is 14.6. The normalized spacial score (nSPS) is 50.1. The van der Waals surface area contributed by atoms with E-state index in [2.05, 4.69) is 37.5 Å². The SMILES string of the molecule is CC1CCC(N(C2CCC(C)CC2)C2CCC(C3(C4CCC(N(C5CCC(C)CC5)C5CCC(C)CC5)CC4)C4CCCCC4C4CCCCC43)CC2)CC1. The van der Waals surface area contributed by atoms with Crippen molar-refractivity contribution in [1.29, 1.82) is 0 Å². The molecule has 0 N–H and O–H groups in total. The van der Waals surface area contributed by atoms with Gasteiger partial charge >= 0.3 is 0 Å². The molecule has 4 unspecified atom stereocenters. The van der Waals surface area contributed by atoms with E-state index in [-0.39, 0.29) is 0 Å². The predicted molar refractivity (Wildman–Crippen MR) is 234 cm³/mol. The molecule has 9 aliphatic carbocycles. The molecular formula is C53H92N2. The van der Waals surface area contributed by atoms with Gasteiger partial charge in [-0.2, -0.15) is 0 Å². The van der Waals surface area contributed by atoms with Crippen molar-refractivity contribution in [2.24, 2.45) is 64.6 Å². The molecule has 0 bridgehead atoms. The third-order valence-corrected chi connectivity index (χ3v) is 20.8. The van der Waals surface area contributed by atoms with Gasteiger partial charge in [-0.3, -0.25) is 9.80 Å².